The molecule has 0 N–H and O–H groups in total. The molecule has 0 heterocycles. The third-order valence-corrected chi connectivity index (χ3v) is 3.82. The lowest BCUT2D eigenvalue weighted by atomic mass is 9.94. The van der Waals surface area contributed by atoms with Crippen LogP contribution in [0.15, 0.2) is 54.1 Å². The van der Waals surface area contributed by atoms with E-state index in [4.69, 9.17) is 4.74 Å². The van der Waals surface area contributed by atoms with Crippen molar-refractivity contribution in [3.8, 4) is 0 Å². The second-order valence-electron chi connectivity index (χ2n) is 4.94. The van der Waals surface area contributed by atoms with E-state index in [9.17, 15) is 4.79 Å². The van der Waals surface area contributed by atoms with Gasteiger partial charge in [0.25, 0.3) is 0 Å². The highest BCUT2D eigenvalue weighted by Gasteiger charge is 2.38. The van der Waals surface area contributed by atoms with Crippen molar-refractivity contribution in [1.82, 2.24) is 0 Å². The quantitative estimate of drug-likeness (QED) is 0.584. The predicted octanol–water partition coefficient (Wildman–Crippen LogP) is 2.76. The second kappa shape index (κ2) is 4.91. The van der Waals surface area contributed by atoms with Crippen molar-refractivity contribution in [2.45, 2.75) is 6.61 Å². The second-order valence-corrected chi connectivity index (χ2v) is 4.94. The summed E-state index contributed by atoms with van der Waals surface area (Å²) in [5, 5.41) is 0. The molecule has 2 bridgehead atoms. The molecule has 2 heteroatoms. The molecule has 18 heavy (non-hydrogen) atoms. The van der Waals surface area contributed by atoms with Gasteiger partial charge in [-0.3, -0.25) is 4.79 Å². The van der Waals surface area contributed by atoms with E-state index in [2.05, 4.69) is 30.4 Å². The molecule has 0 saturated heterocycles. The summed E-state index contributed by atoms with van der Waals surface area (Å²) in [6.45, 7) is 1.36. The van der Waals surface area contributed by atoms with Crippen molar-refractivity contribution in [2.24, 2.45) is 17.8 Å². The maximum absolute atomic E-state index is 10.9. The van der Waals surface area contributed by atoms with E-state index in [0.29, 0.717) is 25.0 Å². The smallest absolute Gasteiger partial charge is 0.146 e. The fourth-order valence-corrected chi connectivity index (χ4v) is 2.86. The number of ether oxygens (including phenoxy) is 1. The minimum absolute atomic E-state index is 0.281. The Morgan fingerprint density at radius 3 is 2.72 bits per heavy atom. The average molecular weight is 240 g/mol. The number of benzene rings is 1. The number of rotatable bonds is 5. The van der Waals surface area contributed by atoms with Gasteiger partial charge in [-0.25, -0.2) is 0 Å². The first kappa shape index (κ1) is 11.4. The van der Waals surface area contributed by atoms with Gasteiger partial charge in [0, 0.05) is 17.8 Å². The highest BCUT2D eigenvalue weighted by Crippen LogP contribution is 2.42. The number of carbonyl (C=O) groups excluding carboxylic acids is 1. The number of aldehydes is 1. The van der Waals surface area contributed by atoms with Crippen molar-refractivity contribution in [3.63, 3.8) is 0 Å². The first-order valence-corrected chi connectivity index (χ1v) is 6.35. The normalized spacial score (nSPS) is 28.4. The van der Waals surface area contributed by atoms with Gasteiger partial charge in [0.1, 0.15) is 6.29 Å². The van der Waals surface area contributed by atoms with Crippen molar-refractivity contribution in [3.05, 3.63) is 59.7 Å². The van der Waals surface area contributed by atoms with Gasteiger partial charge in [-0.2, -0.15) is 0 Å². The van der Waals surface area contributed by atoms with Gasteiger partial charge in [0.2, 0.25) is 0 Å². The van der Waals surface area contributed by atoms with Crippen LogP contribution in [0.5, 0.6) is 0 Å². The van der Waals surface area contributed by atoms with Gasteiger partial charge in [-0.05, 0) is 11.1 Å². The lowest BCUT2D eigenvalue weighted by Gasteiger charge is -2.17. The van der Waals surface area contributed by atoms with Crippen LogP contribution in [-0.4, -0.2) is 12.9 Å². The first-order valence-electron chi connectivity index (χ1n) is 6.35. The monoisotopic (exact) mass is 240 g/mol. The van der Waals surface area contributed by atoms with Crippen molar-refractivity contribution < 1.29 is 9.53 Å². The molecular weight excluding hydrogens is 224 g/mol. The van der Waals surface area contributed by atoms with Crippen LogP contribution in [-0.2, 0) is 16.1 Å². The maximum atomic E-state index is 10.9. The van der Waals surface area contributed by atoms with Crippen LogP contribution >= 0.6 is 0 Å². The Morgan fingerprint density at radius 2 is 2.00 bits per heavy atom. The number of allylic oxidation sites excluding steroid dienone is 4. The van der Waals surface area contributed by atoms with E-state index in [1.165, 1.54) is 5.56 Å². The van der Waals surface area contributed by atoms with Gasteiger partial charge in [0.15, 0.2) is 0 Å². The van der Waals surface area contributed by atoms with Crippen LogP contribution in [0.2, 0.25) is 0 Å². The molecule has 2 aliphatic carbocycles. The number of carbonyl (C=O) groups is 1. The Kier molecular flexibility index (Phi) is 3.11. The standard InChI is InChI=1S/C16H16O2/c17-9-14-8-13-6-7-15(14)16(13)11-18-10-12-4-2-1-3-5-12/h1-9,13,15-16H,10-11H2. The van der Waals surface area contributed by atoms with Gasteiger partial charge in [-0.1, -0.05) is 48.6 Å². The maximum Gasteiger partial charge on any atom is 0.146 e. The number of hydrogen-bond donors (Lipinski definition) is 0. The Bertz CT molecular complexity index is 487. The van der Waals surface area contributed by atoms with E-state index in [1.54, 1.807) is 0 Å². The summed E-state index contributed by atoms with van der Waals surface area (Å²) in [7, 11) is 0. The van der Waals surface area contributed by atoms with E-state index < -0.39 is 0 Å². The third kappa shape index (κ3) is 2.04. The molecule has 3 rings (SSSR count). The fraction of sp³-hybridized carbons (Fsp3) is 0.312. The zero-order chi connectivity index (χ0) is 12.4. The average Bonchev–Trinajstić information content (AvgIpc) is 2.97. The van der Waals surface area contributed by atoms with Crippen molar-refractivity contribution in [1.29, 1.82) is 0 Å². The largest absolute Gasteiger partial charge is 0.376 e. The highest BCUT2D eigenvalue weighted by molar-refractivity contribution is 5.77. The lowest BCUT2D eigenvalue weighted by molar-refractivity contribution is -0.105. The van der Waals surface area contributed by atoms with E-state index in [0.717, 1.165) is 11.9 Å². The summed E-state index contributed by atoms with van der Waals surface area (Å²) in [6, 6.07) is 10.2. The lowest BCUT2D eigenvalue weighted by Crippen LogP contribution is -2.17. The molecular formula is C16H16O2. The van der Waals surface area contributed by atoms with Gasteiger partial charge < -0.3 is 4.74 Å². The number of hydrogen-bond acceptors (Lipinski definition) is 2. The van der Waals surface area contributed by atoms with Gasteiger partial charge in [-0.15, -0.1) is 0 Å². The zero-order valence-corrected chi connectivity index (χ0v) is 10.2. The highest BCUT2D eigenvalue weighted by atomic mass is 16.5. The topological polar surface area (TPSA) is 26.3 Å². The summed E-state index contributed by atoms with van der Waals surface area (Å²) in [6.07, 6.45) is 7.39. The zero-order valence-electron chi connectivity index (χ0n) is 10.2. The van der Waals surface area contributed by atoms with E-state index in [1.807, 2.05) is 18.2 Å². The molecule has 0 radical (unpaired) electrons. The molecule has 2 aliphatic rings. The van der Waals surface area contributed by atoms with Crippen LogP contribution in [0.3, 0.4) is 0 Å². The Hall–Kier alpha value is -1.67. The SMILES string of the molecule is O=CC1=CC2C=CC1C2COCc1ccccc1. The summed E-state index contributed by atoms with van der Waals surface area (Å²) < 4.78 is 5.79. The van der Waals surface area contributed by atoms with Crippen LogP contribution in [0.25, 0.3) is 0 Å². The van der Waals surface area contributed by atoms with Gasteiger partial charge >= 0.3 is 0 Å². The van der Waals surface area contributed by atoms with Crippen LogP contribution < -0.4 is 0 Å². The summed E-state index contributed by atoms with van der Waals surface area (Å²) >= 11 is 0. The molecule has 0 saturated carbocycles. The minimum atomic E-state index is 0.281. The molecule has 0 spiro atoms. The molecule has 2 nitrogen and oxygen atoms in total. The summed E-state index contributed by atoms with van der Waals surface area (Å²) in [4.78, 5) is 10.9. The predicted molar refractivity (Wildman–Crippen MR) is 69.9 cm³/mol. The Balaban J connectivity index is 1.53. The van der Waals surface area contributed by atoms with E-state index >= 15 is 0 Å². The summed E-state index contributed by atoms with van der Waals surface area (Å²) in [5.74, 6) is 1.10. The molecule has 0 aliphatic heterocycles. The molecule has 3 atom stereocenters. The van der Waals surface area contributed by atoms with Crippen LogP contribution in [0.4, 0.5) is 0 Å². The summed E-state index contributed by atoms with van der Waals surface area (Å²) in [5.41, 5.74) is 2.12. The van der Waals surface area contributed by atoms with Crippen molar-refractivity contribution in [2.75, 3.05) is 6.61 Å². The molecule has 3 unspecified atom stereocenters. The molecule has 1 aromatic rings. The molecule has 0 aromatic heterocycles. The Labute approximate surface area is 107 Å². The van der Waals surface area contributed by atoms with Gasteiger partial charge in [0.05, 0.1) is 13.2 Å². The molecule has 0 fully saturated rings. The van der Waals surface area contributed by atoms with Crippen molar-refractivity contribution >= 4 is 6.29 Å². The first-order chi connectivity index (χ1) is 8.88. The minimum Gasteiger partial charge on any atom is -0.376 e. The molecule has 0 amide bonds. The molecule has 1 aromatic carbocycles. The molecule has 92 valence electrons. The Morgan fingerprint density at radius 1 is 1.17 bits per heavy atom. The van der Waals surface area contributed by atoms with Crippen LogP contribution in [0.1, 0.15) is 5.56 Å². The van der Waals surface area contributed by atoms with E-state index in [-0.39, 0.29) is 5.92 Å². The van der Waals surface area contributed by atoms with Crippen LogP contribution in [0, 0.1) is 17.8 Å². The number of fused-ring (bicyclic) bond motifs is 2. The fourth-order valence-electron chi connectivity index (χ4n) is 2.86. The third-order valence-electron chi connectivity index (χ3n) is 3.82.